The maximum Gasteiger partial charge on any atom is 0.226 e. The molecule has 21 heavy (non-hydrogen) atoms. The highest BCUT2D eigenvalue weighted by Crippen LogP contribution is 2.17. The molecule has 1 aliphatic rings. The molecule has 1 atom stereocenters. The first-order valence-electron chi connectivity index (χ1n) is 7.60. The van der Waals surface area contributed by atoms with Gasteiger partial charge in [-0.25, -0.2) is 0 Å². The van der Waals surface area contributed by atoms with Crippen molar-refractivity contribution in [2.75, 3.05) is 13.1 Å². The predicted molar refractivity (Wildman–Crippen MR) is 79.0 cm³/mol. The molecule has 5 nitrogen and oxygen atoms in total. The van der Waals surface area contributed by atoms with Crippen LogP contribution >= 0.6 is 0 Å². The lowest BCUT2D eigenvalue weighted by Crippen LogP contribution is -2.29. The highest BCUT2D eigenvalue weighted by atomic mass is 16.5. The van der Waals surface area contributed by atoms with Crippen molar-refractivity contribution in [1.29, 1.82) is 0 Å². The number of aryl methyl sites for hydroxylation is 1. The first kappa shape index (κ1) is 14.1. The third-order valence-electron chi connectivity index (χ3n) is 3.79. The lowest BCUT2D eigenvalue weighted by molar-refractivity contribution is 0.283. The zero-order valence-corrected chi connectivity index (χ0v) is 12.1. The molecule has 1 saturated heterocycles. The van der Waals surface area contributed by atoms with Crippen molar-refractivity contribution in [1.82, 2.24) is 15.5 Å². The van der Waals surface area contributed by atoms with Crippen LogP contribution in [0.25, 0.3) is 0 Å². The summed E-state index contributed by atoms with van der Waals surface area (Å²) in [5, 5.41) is 7.40. The monoisotopic (exact) mass is 287 g/mol. The average molecular weight is 287 g/mol. The van der Waals surface area contributed by atoms with Gasteiger partial charge in [0.05, 0.1) is 0 Å². The second kappa shape index (κ2) is 7.22. The predicted octanol–water partition coefficient (Wildman–Crippen LogP) is 2.58. The third kappa shape index (κ3) is 4.29. The van der Waals surface area contributed by atoms with Crippen molar-refractivity contribution in [3.05, 3.63) is 42.0 Å². The minimum Gasteiger partial charge on any atom is -0.485 e. The molecular formula is C16H21N3O2. The highest BCUT2D eigenvalue weighted by molar-refractivity contribution is 5.20. The molecule has 0 spiro atoms. The van der Waals surface area contributed by atoms with Gasteiger partial charge in [0.2, 0.25) is 11.7 Å². The van der Waals surface area contributed by atoms with E-state index in [1.165, 1.54) is 12.8 Å². The second-order valence-corrected chi connectivity index (χ2v) is 5.46. The molecule has 0 saturated carbocycles. The highest BCUT2D eigenvalue weighted by Gasteiger charge is 2.15. The number of piperidine rings is 1. The van der Waals surface area contributed by atoms with E-state index in [4.69, 9.17) is 9.26 Å². The Bertz CT molecular complexity index is 535. The standard InChI is InChI=1S/C16H21N3O2/c1-2-6-14(7-3-1)20-12-15-18-16(21-19-15)9-8-13-5-4-10-17-11-13/h1-3,6-7,13,17H,4-5,8-12H2. The van der Waals surface area contributed by atoms with Crippen LogP contribution < -0.4 is 10.1 Å². The molecule has 0 amide bonds. The molecule has 3 rings (SSSR count). The van der Waals surface area contributed by atoms with Crippen molar-refractivity contribution in [3.8, 4) is 5.75 Å². The van der Waals surface area contributed by atoms with Crippen LogP contribution in [-0.4, -0.2) is 23.2 Å². The summed E-state index contributed by atoms with van der Waals surface area (Å²) in [5.41, 5.74) is 0. The number of aromatic nitrogens is 2. The molecule has 2 aromatic rings. The van der Waals surface area contributed by atoms with Gasteiger partial charge in [0, 0.05) is 6.42 Å². The van der Waals surface area contributed by atoms with Crippen LogP contribution in [0, 0.1) is 5.92 Å². The van der Waals surface area contributed by atoms with Gasteiger partial charge in [-0.2, -0.15) is 4.98 Å². The van der Waals surface area contributed by atoms with Crippen molar-refractivity contribution in [2.45, 2.75) is 32.3 Å². The van der Waals surface area contributed by atoms with Gasteiger partial charge >= 0.3 is 0 Å². The van der Waals surface area contributed by atoms with E-state index in [0.717, 1.165) is 37.6 Å². The summed E-state index contributed by atoms with van der Waals surface area (Å²) in [6.45, 7) is 2.61. The summed E-state index contributed by atoms with van der Waals surface area (Å²) in [7, 11) is 0. The number of ether oxygens (including phenoxy) is 1. The Morgan fingerprint density at radius 2 is 2.19 bits per heavy atom. The summed E-state index contributed by atoms with van der Waals surface area (Å²) >= 11 is 0. The Labute approximate surface area is 124 Å². The Morgan fingerprint density at radius 1 is 1.29 bits per heavy atom. The molecule has 0 radical (unpaired) electrons. The summed E-state index contributed by atoms with van der Waals surface area (Å²) in [6, 6.07) is 9.66. The maximum atomic E-state index is 5.60. The zero-order valence-electron chi connectivity index (χ0n) is 12.1. The van der Waals surface area contributed by atoms with Crippen LogP contribution in [0.3, 0.4) is 0 Å². The van der Waals surface area contributed by atoms with E-state index in [1.54, 1.807) is 0 Å². The van der Waals surface area contributed by atoms with Crippen LogP contribution in [0.2, 0.25) is 0 Å². The molecular weight excluding hydrogens is 266 g/mol. The van der Waals surface area contributed by atoms with Gasteiger partial charge in [0.1, 0.15) is 5.75 Å². The van der Waals surface area contributed by atoms with Crippen LogP contribution in [0.4, 0.5) is 0 Å². The maximum absolute atomic E-state index is 5.60. The fourth-order valence-electron chi connectivity index (χ4n) is 2.61. The van der Waals surface area contributed by atoms with E-state index in [-0.39, 0.29) is 0 Å². The minimum atomic E-state index is 0.346. The Kier molecular flexibility index (Phi) is 4.84. The number of hydrogen-bond acceptors (Lipinski definition) is 5. The minimum absolute atomic E-state index is 0.346. The number of nitrogens with zero attached hydrogens (tertiary/aromatic N) is 2. The van der Waals surface area contributed by atoms with E-state index in [1.807, 2.05) is 30.3 Å². The van der Waals surface area contributed by atoms with Crippen molar-refractivity contribution in [2.24, 2.45) is 5.92 Å². The number of benzene rings is 1. The Hall–Kier alpha value is -1.88. The molecule has 112 valence electrons. The molecule has 2 heterocycles. The quantitative estimate of drug-likeness (QED) is 0.885. The van der Waals surface area contributed by atoms with Crippen LogP contribution in [0.5, 0.6) is 5.75 Å². The molecule has 0 bridgehead atoms. The smallest absolute Gasteiger partial charge is 0.226 e. The van der Waals surface area contributed by atoms with Gasteiger partial charge in [-0.3, -0.25) is 0 Å². The van der Waals surface area contributed by atoms with Gasteiger partial charge in [-0.05, 0) is 50.4 Å². The van der Waals surface area contributed by atoms with Crippen molar-refractivity contribution >= 4 is 0 Å². The van der Waals surface area contributed by atoms with Gasteiger partial charge in [0.15, 0.2) is 6.61 Å². The summed E-state index contributed by atoms with van der Waals surface area (Å²) in [5.74, 6) is 2.87. The largest absolute Gasteiger partial charge is 0.485 e. The summed E-state index contributed by atoms with van der Waals surface area (Å²) in [6.07, 6.45) is 4.52. The molecule has 1 aromatic carbocycles. The van der Waals surface area contributed by atoms with Crippen LogP contribution in [0.15, 0.2) is 34.9 Å². The fourth-order valence-corrected chi connectivity index (χ4v) is 2.61. The molecule has 5 heteroatoms. The van der Waals surface area contributed by atoms with Crippen LogP contribution in [0.1, 0.15) is 31.0 Å². The zero-order chi connectivity index (χ0) is 14.3. The number of rotatable bonds is 6. The SMILES string of the molecule is c1ccc(OCc2noc(CCC3CCCNC3)n2)cc1. The van der Waals surface area contributed by atoms with Crippen molar-refractivity contribution < 1.29 is 9.26 Å². The molecule has 1 N–H and O–H groups in total. The first-order valence-corrected chi connectivity index (χ1v) is 7.60. The summed E-state index contributed by atoms with van der Waals surface area (Å²) < 4.78 is 10.9. The topological polar surface area (TPSA) is 60.2 Å². The molecule has 1 fully saturated rings. The molecule has 1 unspecified atom stereocenters. The average Bonchev–Trinajstić information content (AvgIpc) is 3.01. The normalized spacial score (nSPS) is 18.6. The van der Waals surface area contributed by atoms with Gasteiger partial charge in [-0.1, -0.05) is 23.4 Å². The van der Waals surface area contributed by atoms with E-state index >= 15 is 0 Å². The number of para-hydroxylation sites is 1. The number of nitrogens with one attached hydrogen (secondary N) is 1. The fraction of sp³-hybridized carbons (Fsp3) is 0.500. The van der Waals surface area contributed by atoms with Gasteiger partial charge in [0.25, 0.3) is 0 Å². The van der Waals surface area contributed by atoms with E-state index in [9.17, 15) is 0 Å². The number of hydrogen-bond donors (Lipinski definition) is 1. The van der Waals surface area contributed by atoms with Gasteiger partial charge in [-0.15, -0.1) is 0 Å². The third-order valence-corrected chi connectivity index (χ3v) is 3.79. The van der Waals surface area contributed by atoms with E-state index < -0.39 is 0 Å². The van der Waals surface area contributed by atoms with E-state index in [2.05, 4.69) is 15.5 Å². The lowest BCUT2D eigenvalue weighted by atomic mass is 9.95. The second-order valence-electron chi connectivity index (χ2n) is 5.46. The Morgan fingerprint density at radius 3 is 3.00 bits per heavy atom. The summed E-state index contributed by atoms with van der Waals surface area (Å²) in [4.78, 5) is 4.39. The molecule has 1 aliphatic heterocycles. The Balaban J connectivity index is 1.45. The first-order chi connectivity index (χ1) is 10.4. The van der Waals surface area contributed by atoms with E-state index in [0.29, 0.717) is 18.3 Å². The molecule has 1 aromatic heterocycles. The van der Waals surface area contributed by atoms with Crippen LogP contribution in [-0.2, 0) is 13.0 Å². The van der Waals surface area contributed by atoms with Crippen molar-refractivity contribution in [3.63, 3.8) is 0 Å². The van der Waals surface area contributed by atoms with Gasteiger partial charge < -0.3 is 14.6 Å². The lowest BCUT2D eigenvalue weighted by Gasteiger charge is -2.21. The molecule has 0 aliphatic carbocycles.